The van der Waals surface area contributed by atoms with Gasteiger partial charge in [-0.1, -0.05) is 36.4 Å². The lowest BCUT2D eigenvalue weighted by molar-refractivity contribution is -0.159. The van der Waals surface area contributed by atoms with E-state index in [0.29, 0.717) is 12.1 Å². The monoisotopic (exact) mass is 384 g/mol. The number of carbonyl (C=O) groups excluding carboxylic acids is 1. The summed E-state index contributed by atoms with van der Waals surface area (Å²) in [6.45, 7) is 2.20. The smallest absolute Gasteiger partial charge is 0.348 e. The first kappa shape index (κ1) is 17.6. The number of anilines is 1. The van der Waals surface area contributed by atoms with Crippen LogP contribution in [0.3, 0.4) is 0 Å². The second kappa shape index (κ2) is 6.51. The number of amides is 1. The third kappa shape index (κ3) is 2.76. The molecule has 4 heterocycles. The van der Waals surface area contributed by atoms with Crippen LogP contribution in [-0.4, -0.2) is 41.0 Å². The molecule has 0 radical (unpaired) electrons. The van der Waals surface area contributed by atoms with Gasteiger partial charge < -0.3 is 15.1 Å². The first-order valence-electron chi connectivity index (χ1n) is 9.74. The number of hydrogen-bond donors (Lipinski definition) is 1. The standard InChI is InChI=1S/C21H22F2N4O/c22-21(23,15-4-2-1-3-5-15)20(28)26-12-14-6-9-19(25-18(14)13-26)27-16-7-8-17(27)11-24-10-16/h1-6,9,16-17,24H,7-8,10-13H2. The van der Waals surface area contributed by atoms with E-state index in [0.717, 1.165) is 43.0 Å². The quantitative estimate of drug-likeness (QED) is 0.884. The van der Waals surface area contributed by atoms with E-state index in [1.165, 1.54) is 29.2 Å². The molecule has 5 nitrogen and oxygen atoms in total. The van der Waals surface area contributed by atoms with Crippen LogP contribution in [-0.2, 0) is 23.8 Å². The molecule has 2 bridgehead atoms. The van der Waals surface area contributed by atoms with E-state index < -0.39 is 11.8 Å². The van der Waals surface area contributed by atoms with E-state index in [1.54, 1.807) is 6.07 Å². The van der Waals surface area contributed by atoms with Crippen molar-refractivity contribution in [1.29, 1.82) is 0 Å². The largest absolute Gasteiger partial charge is 0.349 e. The number of benzene rings is 1. The van der Waals surface area contributed by atoms with Crippen LogP contribution in [0.25, 0.3) is 0 Å². The molecule has 2 atom stereocenters. The van der Waals surface area contributed by atoms with Crippen molar-refractivity contribution < 1.29 is 13.6 Å². The van der Waals surface area contributed by atoms with Crippen molar-refractivity contribution in [1.82, 2.24) is 15.2 Å². The Hall–Kier alpha value is -2.54. The van der Waals surface area contributed by atoms with E-state index in [1.807, 2.05) is 12.1 Å². The number of alkyl halides is 2. The molecule has 146 valence electrons. The van der Waals surface area contributed by atoms with Crippen LogP contribution >= 0.6 is 0 Å². The average Bonchev–Trinajstić information content (AvgIpc) is 3.25. The normalized spacial score (nSPS) is 23.8. The number of hydrogen-bond acceptors (Lipinski definition) is 4. The summed E-state index contributed by atoms with van der Waals surface area (Å²) in [5.74, 6) is -3.80. The van der Waals surface area contributed by atoms with Crippen molar-refractivity contribution in [3.05, 3.63) is 59.3 Å². The lowest BCUT2D eigenvalue weighted by atomic mass is 10.1. The van der Waals surface area contributed by atoms with Crippen LogP contribution in [0.2, 0.25) is 0 Å². The van der Waals surface area contributed by atoms with Crippen LogP contribution in [0.4, 0.5) is 14.6 Å². The molecule has 7 heteroatoms. The lowest BCUT2D eigenvalue weighted by Gasteiger charge is -2.36. The maximum absolute atomic E-state index is 14.7. The number of aromatic nitrogens is 1. The topological polar surface area (TPSA) is 48.5 Å². The fraction of sp³-hybridized carbons (Fsp3) is 0.429. The van der Waals surface area contributed by atoms with E-state index >= 15 is 0 Å². The molecule has 1 aromatic heterocycles. The van der Waals surface area contributed by atoms with Crippen molar-refractivity contribution in [2.75, 3.05) is 18.0 Å². The summed E-state index contributed by atoms with van der Waals surface area (Å²) < 4.78 is 29.4. The number of rotatable bonds is 3. The molecule has 1 N–H and O–H groups in total. The van der Waals surface area contributed by atoms with Crippen molar-refractivity contribution >= 4 is 11.7 Å². The molecule has 3 aliphatic heterocycles. The van der Waals surface area contributed by atoms with Crippen molar-refractivity contribution in [2.45, 2.75) is 43.9 Å². The molecule has 2 unspecified atom stereocenters. The minimum absolute atomic E-state index is 0.131. The number of pyridine rings is 1. The van der Waals surface area contributed by atoms with Gasteiger partial charge in [0.1, 0.15) is 5.82 Å². The highest BCUT2D eigenvalue weighted by molar-refractivity contribution is 5.85. The van der Waals surface area contributed by atoms with Crippen molar-refractivity contribution in [2.24, 2.45) is 0 Å². The second-order valence-corrected chi connectivity index (χ2v) is 7.83. The third-order valence-corrected chi connectivity index (χ3v) is 6.09. The maximum Gasteiger partial charge on any atom is 0.349 e. The van der Waals surface area contributed by atoms with Crippen molar-refractivity contribution in [3.8, 4) is 0 Å². The molecular weight excluding hydrogens is 362 g/mol. The molecule has 3 aliphatic rings. The molecule has 2 saturated heterocycles. The van der Waals surface area contributed by atoms with Gasteiger partial charge in [0.25, 0.3) is 5.91 Å². The molecular formula is C21H22F2N4O. The minimum atomic E-state index is -3.54. The van der Waals surface area contributed by atoms with Crippen LogP contribution in [0.5, 0.6) is 0 Å². The van der Waals surface area contributed by atoms with E-state index in [2.05, 4.69) is 10.2 Å². The van der Waals surface area contributed by atoms with Gasteiger partial charge in [0.15, 0.2) is 0 Å². The molecule has 0 saturated carbocycles. The van der Waals surface area contributed by atoms with Gasteiger partial charge in [-0.3, -0.25) is 4.79 Å². The predicted molar refractivity (Wildman–Crippen MR) is 101 cm³/mol. The Kier molecular flexibility index (Phi) is 4.08. The van der Waals surface area contributed by atoms with Gasteiger partial charge >= 0.3 is 5.92 Å². The first-order valence-corrected chi connectivity index (χ1v) is 9.74. The zero-order chi connectivity index (χ0) is 19.3. The molecule has 1 aromatic carbocycles. The Morgan fingerprint density at radius 2 is 1.75 bits per heavy atom. The van der Waals surface area contributed by atoms with Crippen LogP contribution in [0, 0.1) is 0 Å². The molecule has 1 amide bonds. The van der Waals surface area contributed by atoms with Gasteiger partial charge in [0.2, 0.25) is 0 Å². The van der Waals surface area contributed by atoms with Gasteiger partial charge in [-0.25, -0.2) is 4.98 Å². The molecule has 5 rings (SSSR count). The average molecular weight is 384 g/mol. The summed E-state index contributed by atoms with van der Waals surface area (Å²) in [5.41, 5.74) is 1.30. The Labute approximate surface area is 162 Å². The molecule has 2 aromatic rings. The molecule has 0 aliphatic carbocycles. The van der Waals surface area contributed by atoms with Crippen LogP contribution in [0.1, 0.15) is 29.7 Å². The summed E-state index contributed by atoms with van der Waals surface area (Å²) >= 11 is 0. The predicted octanol–water partition coefficient (Wildman–Crippen LogP) is 2.66. The summed E-state index contributed by atoms with van der Waals surface area (Å²) in [6.07, 6.45) is 2.29. The Morgan fingerprint density at radius 3 is 2.46 bits per heavy atom. The zero-order valence-electron chi connectivity index (χ0n) is 15.4. The van der Waals surface area contributed by atoms with E-state index in [9.17, 15) is 13.6 Å². The summed E-state index contributed by atoms with van der Waals surface area (Å²) in [5, 5.41) is 3.45. The summed E-state index contributed by atoms with van der Waals surface area (Å²) in [7, 11) is 0. The van der Waals surface area contributed by atoms with Gasteiger partial charge in [-0.05, 0) is 24.5 Å². The summed E-state index contributed by atoms with van der Waals surface area (Å²) in [4.78, 5) is 20.9. The van der Waals surface area contributed by atoms with Crippen LogP contribution in [0.15, 0.2) is 42.5 Å². The van der Waals surface area contributed by atoms with Gasteiger partial charge in [0, 0.05) is 37.3 Å². The van der Waals surface area contributed by atoms with E-state index in [4.69, 9.17) is 4.98 Å². The van der Waals surface area contributed by atoms with Gasteiger partial charge in [0.05, 0.1) is 12.2 Å². The fourth-order valence-corrected chi connectivity index (χ4v) is 4.65. The fourth-order valence-electron chi connectivity index (χ4n) is 4.65. The zero-order valence-corrected chi connectivity index (χ0v) is 15.4. The number of nitrogens with one attached hydrogen (secondary N) is 1. The third-order valence-electron chi connectivity index (χ3n) is 6.09. The maximum atomic E-state index is 14.7. The Morgan fingerprint density at radius 1 is 1.04 bits per heavy atom. The van der Waals surface area contributed by atoms with Gasteiger partial charge in [-0.2, -0.15) is 8.78 Å². The number of carbonyl (C=O) groups is 1. The lowest BCUT2D eigenvalue weighted by Crippen LogP contribution is -2.52. The first-order chi connectivity index (χ1) is 13.5. The van der Waals surface area contributed by atoms with Gasteiger partial charge in [-0.15, -0.1) is 0 Å². The summed E-state index contributed by atoms with van der Waals surface area (Å²) in [6, 6.07) is 12.1. The highest BCUT2D eigenvalue weighted by Crippen LogP contribution is 2.36. The number of halogens is 2. The Balaban J connectivity index is 1.37. The number of piperazine rings is 1. The minimum Gasteiger partial charge on any atom is -0.348 e. The number of nitrogens with zero attached hydrogens (tertiary/aromatic N) is 3. The highest BCUT2D eigenvalue weighted by atomic mass is 19.3. The van der Waals surface area contributed by atoms with Crippen molar-refractivity contribution in [3.63, 3.8) is 0 Å². The molecule has 0 spiro atoms. The van der Waals surface area contributed by atoms with Crippen LogP contribution < -0.4 is 10.2 Å². The second-order valence-electron chi connectivity index (χ2n) is 7.83. The Bertz CT molecular complexity index is 889. The number of fused-ring (bicyclic) bond motifs is 3. The SMILES string of the molecule is O=C(N1Cc2ccc(N3C4CCC3CNC4)nc2C1)C(F)(F)c1ccccc1. The molecule has 2 fully saturated rings. The van der Waals surface area contributed by atoms with E-state index in [-0.39, 0.29) is 18.7 Å². The molecule has 28 heavy (non-hydrogen) atoms. The highest BCUT2D eigenvalue weighted by Gasteiger charge is 2.45.